The Hall–Kier alpha value is -2.42. The normalized spacial score (nSPS) is 13.1. The summed E-state index contributed by atoms with van der Waals surface area (Å²) in [7, 11) is 1.32. The number of nitrogens with zero attached hydrogens (tertiary/aromatic N) is 4. The Balaban J connectivity index is 2.06. The number of nitrogens with one attached hydrogen (secondary N) is 1. The fraction of sp³-hybridized carbons (Fsp3) is 0.500. The summed E-state index contributed by atoms with van der Waals surface area (Å²) in [4.78, 5) is 24.2. The molecule has 27 heavy (non-hydrogen) atoms. The largest absolute Gasteiger partial charge is 0.467 e. The lowest BCUT2D eigenvalue weighted by Crippen LogP contribution is -2.46. The summed E-state index contributed by atoms with van der Waals surface area (Å²) in [6.07, 6.45) is 0.748. The van der Waals surface area contributed by atoms with Gasteiger partial charge >= 0.3 is 5.97 Å². The van der Waals surface area contributed by atoms with Crippen LogP contribution in [0.1, 0.15) is 31.4 Å². The molecule has 146 valence electrons. The Labute approximate surface area is 163 Å². The van der Waals surface area contributed by atoms with Crippen molar-refractivity contribution in [3.8, 4) is 5.69 Å². The molecule has 0 spiro atoms. The Kier molecular flexibility index (Phi) is 7.35. The summed E-state index contributed by atoms with van der Waals surface area (Å²) in [5.74, 6) is -0.643. The van der Waals surface area contributed by atoms with E-state index in [-0.39, 0.29) is 17.6 Å². The zero-order valence-electron chi connectivity index (χ0n) is 16.2. The number of ether oxygens (including phenoxy) is 1. The van der Waals surface area contributed by atoms with Gasteiger partial charge in [0.05, 0.1) is 18.6 Å². The van der Waals surface area contributed by atoms with Gasteiger partial charge in [0.1, 0.15) is 6.04 Å². The van der Waals surface area contributed by atoms with Crippen LogP contribution in [0.4, 0.5) is 0 Å². The fourth-order valence-corrected chi connectivity index (χ4v) is 3.35. The maximum Gasteiger partial charge on any atom is 0.328 e. The zero-order valence-corrected chi connectivity index (χ0v) is 17.0. The number of carbonyl (C=O) groups is 2. The fourth-order valence-electron chi connectivity index (χ4n) is 2.65. The Morgan fingerprint density at radius 3 is 2.52 bits per heavy atom. The van der Waals surface area contributed by atoms with Crippen LogP contribution in [0.2, 0.25) is 0 Å². The lowest BCUT2D eigenvalue weighted by atomic mass is 9.99. The molecule has 9 heteroatoms. The summed E-state index contributed by atoms with van der Waals surface area (Å²) < 4.78 is 6.39. The van der Waals surface area contributed by atoms with Crippen LogP contribution in [0, 0.1) is 19.8 Å². The molecule has 0 saturated heterocycles. The van der Waals surface area contributed by atoms with E-state index >= 15 is 0 Å². The van der Waals surface area contributed by atoms with Crippen LogP contribution < -0.4 is 5.32 Å². The molecule has 1 heterocycles. The van der Waals surface area contributed by atoms with Gasteiger partial charge in [0.15, 0.2) is 0 Å². The number of aryl methyl sites for hydroxylation is 2. The van der Waals surface area contributed by atoms with Gasteiger partial charge < -0.3 is 10.1 Å². The van der Waals surface area contributed by atoms with Crippen LogP contribution >= 0.6 is 11.8 Å². The van der Waals surface area contributed by atoms with Gasteiger partial charge in [-0.3, -0.25) is 4.79 Å². The predicted molar refractivity (Wildman–Crippen MR) is 103 cm³/mol. The number of esters is 1. The molecule has 1 aromatic heterocycles. The predicted octanol–water partition coefficient (Wildman–Crippen LogP) is 2.08. The maximum atomic E-state index is 12.3. The average Bonchev–Trinajstić information content (AvgIpc) is 3.11. The Morgan fingerprint density at radius 1 is 1.26 bits per heavy atom. The number of benzene rings is 1. The van der Waals surface area contributed by atoms with E-state index in [0.717, 1.165) is 23.2 Å². The van der Waals surface area contributed by atoms with Gasteiger partial charge in [0.25, 0.3) is 0 Å². The molecule has 0 aliphatic rings. The molecule has 0 saturated carbocycles. The zero-order chi connectivity index (χ0) is 20.0. The van der Waals surface area contributed by atoms with Crippen molar-refractivity contribution >= 4 is 23.6 Å². The highest BCUT2D eigenvalue weighted by atomic mass is 32.2. The van der Waals surface area contributed by atoms with Crippen LogP contribution in [-0.4, -0.2) is 51.0 Å². The summed E-state index contributed by atoms with van der Waals surface area (Å²) in [6, 6.07) is 5.35. The van der Waals surface area contributed by atoms with Crippen molar-refractivity contribution < 1.29 is 14.3 Å². The van der Waals surface area contributed by atoms with Crippen molar-refractivity contribution in [2.75, 3.05) is 12.9 Å². The van der Waals surface area contributed by atoms with E-state index in [1.165, 1.54) is 18.9 Å². The van der Waals surface area contributed by atoms with E-state index in [0.29, 0.717) is 5.16 Å². The topological polar surface area (TPSA) is 99.0 Å². The van der Waals surface area contributed by atoms with E-state index in [4.69, 9.17) is 4.74 Å². The first-order chi connectivity index (χ1) is 12.8. The molecule has 0 bridgehead atoms. The number of amides is 1. The molecule has 2 aromatic rings. The molecule has 1 amide bonds. The first kappa shape index (κ1) is 20.9. The quantitative estimate of drug-likeness (QED) is 0.543. The van der Waals surface area contributed by atoms with Crippen LogP contribution in [0.3, 0.4) is 0 Å². The molecule has 2 rings (SSSR count). The van der Waals surface area contributed by atoms with Crippen molar-refractivity contribution in [3.05, 3.63) is 29.3 Å². The molecule has 2 atom stereocenters. The van der Waals surface area contributed by atoms with Crippen molar-refractivity contribution in [1.29, 1.82) is 0 Å². The standard InChI is InChI=1S/C18H25N5O3S/c1-6-13(4)16(17(25)26-5)19-15(24)10-27-18-20-21-22-23(18)14-8-11(2)7-12(3)9-14/h7-9,13,16H,6,10H2,1-5H3,(H,19,24)/t13-,16-/m0/s1. The molecule has 0 fully saturated rings. The highest BCUT2D eigenvalue weighted by Crippen LogP contribution is 2.20. The van der Waals surface area contributed by atoms with Gasteiger partial charge in [0.2, 0.25) is 11.1 Å². The van der Waals surface area contributed by atoms with Crippen molar-refractivity contribution in [2.45, 2.75) is 45.3 Å². The summed E-state index contributed by atoms with van der Waals surface area (Å²) in [5.41, 5.74) is 3.04. The second-order valence-electron chi connectivity index (χ2n) is 6.46. The van der Waals surface area contributed by atoms with Gasteiger partial charge in [-0.2, -0.15) is 4.68 Å². The SMILES string of the molecule is CC[C@H](C)[C@H](NC(=O)CSc1nnnn1-c1cc(C)cc(C)c1)C(=O)OC. The number of methoxy groups -OCH3 is 1. The average molecular weight is 391 g/mol. The van der Waals surface area contributed by atoms with Crippen molar-refractivity contribution in [2.24, 2.45) is 5.92 Å². The lowest BCUT2D eigenvalue weighted by molar-refractivity contribution is -0.146. The summed E-state index contributed by atoms with van der Waals surface area (Å²) >= 11 is 1.21. The molecular formula is C18H25N5O3S. The number of carbonyl (C=O) groups excluding carboxylic acids is 2. The van der Waals surface area contributed by atoms with Crippen LogP contribution in [0.15, 0.2) is 23.4 Å². The monoisotopic (exact) mass is 391 g/mol. The highest BCUT2D eigenvalue weighted by Gasteiger charge is 2.26. The van der Waals surface area contributed by atoms with Crippen LogP contribution in [-0.2, 0) is 14.3 Å². The number of tetrazole rings is 1. The van der Waals surface area contributed by atoms with Crippen molar-refractivity contribution in [3.63, 3.8) is 0 Å². The Bertz CT molecular complexity index is 788. The smallest absolute Gasteiger partial charge is 0.328 e. The van der Waals surface area contributed by atoms with Gasteiger partial charge in [0, 0.05) is 0 Å². The van der Waals surface area contributed by atoms with Gasteiger partial charge in [-0.05, 0) is 53.5 Å². The third-order valence-electron chi connectivity index (χ3n) is 4.21. The van der Waals surface area contributed by atoms with Crippen LogP contribution in [0.5, 0.6) is 0 Å². The molecule has 8 nitrogen and oxygen atoms in total. The van der Waals surface area contributed by atoms with Crippen LogP contribution in [0.25, 0.3) is 5.69 Å². The van der Waals surface area contributed by atoms with Gasteiger partial charge in [-0.25, -0.2) is 4.79 Å². The molecule has 0 aliphatic heterocycles. The van der Waals surface area contributed by atoms with E-state index in [2.05, 4.69) is 26.9 Å². The third kappa shape index (κ3) is 5.53. The number of hydrogen-bond acceptors (Lipinski definition) is 7. The summed E-state index contributed by atoms with van der Waals surface area (Å²) in [6.45, 7) is 7.86. The number of hydrogen-bond donors (Lipinski definition) is 1. The Morgan fingerprint density at radius 2 is 1.93 bits per heavy atom. The minimum Gasteiger partial charge on any atom is -0.467 e. The number of rotatable bonds is 8. The third-order valence-corrected chi connectivity index (χ3v) is 5.13. The molecule has 0 radical (unpaired) electrons. The van der Waals surface area contributed by atoms with Gasteiger partial charge in [-0.15, -0.1) is 5.10 Å². The molecular weight excluding hydrogens is 366 g/mol. The number of aromatic nitrogens is 4. The molecule has 1 N–H and O–H groups in total. The molecule has 0 unspecified atom stereocenters. The second-order valence-corrected chi connectivity index (χ2v) is 7.40. The first-order valence-corrected chi connectivity index (χ1v) is 9.71. The van der Waals surface area contributed by atoms with E-state index in [1.54, 1.807) is 4.68 Å². The number of thioether (sulfide) groups is 1. The molecule has 0 aliphatic carbocycles. The van der Waals surface area contributed by atoms with Gasteiger partial charge in [-0.1, -0.05) is 38.1 Å². The highest BCUT2D eigenvalue weighted by molar-refractivity contribution is 7.99. The van der Waals surface area contributed by atoms with Crippen molar-refractivity contribution in [1.82, 2.24) is 25.5 Å². The maximum absolute atomic E-state index is 12.3. The second kappa shape index (κ2) is 9.50. The summed E-state index contributed by atoms with van der Waals surface area (Å²) in [5, 5.41) is 15.0. The molecule has 1 aromatic carbocycles. The van der Waals surface area contributed by atoms with E-state index < -0.39 is 12.0 Å². The van der Waals surface area contributed by atoms with E-state index in [1.807, 2.05) is 39.8 Å². The minimum absolute atomic E-state index is 0.0213. The minimum atomic E-state index is -0.663. The first-order valence-electron chi connectivity index (χ1n) is 8.72. The lowest BCUT2D eigenvalue weighted by Gasteiger charge is -2.21. The van der Waals surface area contributed by atoms with E-state index in [9.17, 15) is 9.59 Å².